The summed E-state index contributed by atoms with van der Waals surface area (Å²) in [6, 6.07) is 8.64. The molecule has 1 amide bonds. The van der Waals surface area contributed by atoms with Crippen molar-refractivity contribution in [3.8, 4) is 11.5 Å². The van der Waals surface area contributed by atoms with E-state index in [1.165, 1.54) is 6.21 Å². The van der Waals surface area contributed by atoms with Gasteiger partial charge in [0.2, 0.25) is 0 Å². The van der Waals surface area contributed by atoms with E-state index in [4.69, 9.17) is 4.52 Å². The molecule has 0 radical (unpaired) electrons. The van der Waals surface area contributed by atoms with Gasteiger partial charge in [0.15, 0.2) is 5.82 Å². The van der Waals surface area contributed by atoms with E-state index in [-0.39, 0.29) is 17.3 Å². The van der Waals surface area contributed by atoms with Gasteiger partial charge in [-0.05, 0) is 29.0 Å². The average molecular weight is 357 g/mol. The Balaban J connectivity index is 1.85. The lowest BCUT2D eigenvalue weighted by molar-refractivity contribution is -0.137. The van der Waals surface area contributed by atoms with Gasteiger partial charge in [0.1, 0.15) is 5.92 Å². The number of amides is 1. The molecule has 2 aromatic carbocycles. The topological polar surface area (TPSA) is 68.3 Å². The zero-order valence-corrected chi connectivity index (χ0v) is 13.1. The van der Waals surface area contributed by atoms with Crippen LogP contribution in [0.3, 0.4) is 0 Å². The van der Waals surface area contributed by atoms with E-state index in [0.29, 0.717) is 10.8 Å². The molecule has 0 N–H and O–H groups in total. The van der Waals surface area contributed by atoms with Gasteiger partial charge < -0.3 is 4.52 Å². The number of aliphatic imine (C=N–C) groups is 1. The highest BCUT2D eigenvalue weighted by Gasteiger charge is 2.32. The zero-order valence-electron chi connectivity index (χ0n) is 13.1. The summed E-state index contributed by atoms with van der Waals surface area (Å²) in [5.74, 6) is -1.30. The Labute approximate surface area is 144 Å². The Morgan fingerprint density at radius 2 is 1.92 bits per heavy atom. The second-order valence-corrected chi connectivity index (χ2v) is 5.68. The van der Waals surface area contributed by atoms with Crippen LogP contribution in [0.2, 0.25) is 0 Å². The van der Waals surface area contributed by atoms with Crippen molar-refractivity contribution in [2.24, 2.45) is 4.99 Å². The molecule has 0 spiro atoms. The lowest BCUT2D eigenvalue weighted by Gasteiger charge is -2.10. The minimum absolute atomic E-state index is 0.0552. The second kappa shape index (κ2) is 5.91. The van der Waals surface area contributed by atoms with E-state index in [1.807, 2.05) is 0 Å². The fraction of sp³-hybridized carbons (Fsp3) is 0.111. The predicted molar refractivity (Wildman–Crippen MR) is 87.6 cm³/mol. The molecule has 0 aliphatic carbocycles. The Hall–Kier alpha value is -3.29. The van der Waals surface area contributed by atoms with Crippen molar-refractivity contribution >= 4 is 22.9 Å². The molecule has 1 aliphatic rings. The molecule has 0 saturated heterocycles. The number of nitrogens with zero attached hydrogens (tertiary/aromatic N) is 3. The normalized spacial score (nSPS) is 17.2. The molecule has 5 nitrogen and oxygen atoms in total. The Morgan fingerprint density at radius 3 is 2.69 bits per heavy atom. The molecule has 1 unspecified atom stereocenters. The van der Waals surface area contributed by atoms with Crippen molar-refractivity contribution < 1.29 is 22.5 Å². The van der Waals surface area contributed by atoms with Gasteiger partial charge >= 0.3 is 6.18 Å². The first-order valence-corrected chi connectivity index (χ1v) is 7.62. The van der Waals surface area contributed by atoms with Gasteiger partial charge in [-0.2, -0.15) is 18.2 Å². The molecule has 0 fully saturated rings. The number of carbonyl (C=O) groups is 1. The lowest BCUT2D eigenvalue weighted by atomic mass is 10.0. The maximum atomic E-state index is 13.2. The largest absolute Gasteiger partial charge is 0.416 e. The number of alkyl halides is 3. The molecule has 8 heteroatoms. The molecule has 26 heavy (non-hydrogen) atoms. The van der Waals surface area contributed by atoms with Crippen LogP contribution in [0.25, 0.3) is 22.2 Å². The van der Waals surface area contributed by atoms with Gasteiger partial charge in [0, 0.05) is 11.8 Å². The molecule has 1 aromatic heterocycles. The fourth-order valence-corrected chi connectivity index (χ4v) is 2.76. The number of dihydropyridines is 1. The van der Waals surface area contributed by atoms with Crippen LogP contribution in [-0.2, 0) is 11.0 Å². The van der Waals surface area contributed by atoms with Crippen molar-refractivity contribution in [1.29, 1.82) is 0 Å². The van der Waals surface area contributed by atoms with Crippen LogP contribution in [0.15, 0.2) is 58.1 Å². The standard InChI is InChI=1S/C18H10F3N3O2/c19-18(20,21)11-8-10-4-1-2-5-12(10)14(9-11)17-23-15(24-26-17)13-6-3-7-22-16(13)25/h1-9,13H. The van der Waals surface area contributed by atoms with E-state index >= 15 is 0 Å². The minimum atomic E-state index is -4.52. The van der Waals surface area contributed by atoms with Gasteiger partial charge in [-0.1, -0.05) is 35.5 Å². The van der Waals surface area contributed by atoms with Crippen molar-refractivity contribution in [2.75, 3.05) is 0 Å². The van der Waals surface area contributed by atoms with Gasteiger partial charge in [0.05, 0.1) is 5.56 Å². The third-order valence-corrected chi connectivity index (χ3v) is 4.00. The summed E-state index contributed by atoms with van der Waals surface area (Å²) >= 11 is 0. The smallest absolute Gasteiger partial charge is 0.334 e. The number of benzene rings is 2. The van der Waals surface area contributed by atoms with E-state index in [2.05, 4.69) is 15.1 Å². The predicted octanol–water partition coefficient (Wildman–Crippen LogP) is 4.16. The van der Waals surface area contributed by atoms with Gasteiger partial charge in [0.25, 0.3) is 11.8 Å². The Kier molecular flexibility index (Phi) is 3.68. The van der Waals surface area contributed by atoms with E-state index < -0.39 is 23.6 Å². The van der Waals surface area contributed by atoms with Crippen LogP contribution in [-0.4, -0.2) is 22.3 Å². The van der Waals surface area contributed by atoms with Gasteiger partial charge in [-0.15, -0.1) is 0 Å². The van der Waals surface area contributed by atoms with Gasteiger partial charge in [-0.25, -0.2) is 4.99 Å². The number of rotatable bonds is 2. The number of hydrogen-bond donors (Lipinski definition) is 0. The van der Waals surface area contributed by atoms with Crippen molar-refractivity contribution in [3.05, 3.63) is 59.9 Å². The van der Waals surface area contributed by atoms with Crippen molar-refractivity contribution in [1.82, 2.24) is 10.1 Å². The molecule has 3 aromatic rings. The van der Waals surface area contributed by atoms with Crippen LogP contribution < -0.4 is 0 Å². The van der Waals surface area contributed by atoms with E-state index in [1.54, 1.807) is 36.4 Å². The number of carbonyl (C=O) groups excluding carboxylic acids is 1. The first-order chi connectivity index (χ1) is 12.4. The molecule has 2 heterocycles. The summed E-state index contributed by atoms with van der Waals surface area (Å²) in [4.78, 5) is 19.6. The molecule has 4 rings (SSSR count). The van der Waals surface area contributed by atoms with E-state index in [0.717, 1.165) is 12.1 Å². The highest BCUT2D eigenvalue weighted by atomic mass is 19.4. The minimum Gasteiger partial charge on any atom is -0.334 e. The van der Waals surface area contributed by atoms with E-state index in [9.17, 15) is 18.0 Å². The van der Waals surface area contributed by atoms with Gasteiger partial charge in [-0.3, -0.25) is 4.79 Å². The Bertz CT molecular complexity index is 1070. The average Bonchev–Trinajstić information content (AvgIpc) is 3.10. The van der Waals surface area contributed by atoms with Crippen LogP contribution in [0.5, 0.6) is 0 Å². The summed E-state index contributed by atoms with van der Waals surface area (Å²) in [7, 11) is 0. The maximum absolute atomic E-state index is 13.2. The first kappa shape index (κ1) is 16.2. The molecule has 0 saturated carbocycles. The summed E-state index contributed by atoms with van der Waals surface area (Å²) in [5.41, 5.74) is -0.658. The van der Waals surface area contributed by atoms with Crippen LogP contribution in [0.4, 0.5) is 13.2 Å². The monoisotopic (exact) mass is 357 g/mol. The number of hydrogen-bond acceptors (Lipinski definition) is 4. The third kappa shape index (κ3) is 2.79. The van der Waals surface area contributed by atoms with Crippen LogP contribution >= 0.6 is 0 Å². The van der Waals surface area contributed by atoms with Crippen molar-refractivity contribution in [3.63, 3.8) is 0 Å². The fourth-order valence-electron chi connectivity index (χ4n) is 2.76. The van der Waals surface area contributed by atoms with Crippen molar-refractivity contribution in [2.45, 2.75) is 12.1 Å². The molecule has 130 valence electrons. The number of halogens is 3. The maximum Gasteiger partial charge on any atom is 0.416 e. The lowest BCUT2D eigenvalue weighted by Crippen LogP contribution is -2.12. The first-order valence-electron chi connectivity index (χ1n) is 7.62. The Morgan fingerprint density at radius 1 is 1.12 bits per heavy atom. The number of aromatic nitrogens is 2. The number of allylic oxidation sites excluding steroid dienone is 1. The highest BCUT2D eigenvalue weighted by molar-refractivity contribution is 5.97. The summed E-state index contributed by atoms with van der Waals surface area (Å²) in [6.45, 7) is 0. The quantitative estimate of drug-likeness (QED) is 0.691. The van der Waals surface area contributed by atoms with Crippen LogP contribution in [0, 0.1) is 0 Å². The molecular weight excluding hydrogens is 347 g/mol. The summed E-state index contributed by atoms with van der Waals surface area (Å²) < 4.78 is 44.8. The molecule has 0 bridgehead atoms. The zero-order chi connectivity index (χ0) is 18.3. The third-order valence-electron chi connectivity index (χ3n) is 4.00. The number of fused-ring (bicyclic) bond motifs is 1. The summed E-state index contributed by atoms with van der Waals surface area (Å²) in [6.07, 6.45) is -0.0471. The second-order valence-electron chi connectivity index (χ2n) is 5.68. The SMILES string of the molecule is O=C1N=CC=CC1c1noc(-c2cc(C(F)(F)F)cc3ccccc23)n1. The molecule has 1 aliphatic heterocycles. The summed E-state index contributed by atoms with van der Waals surface area (Å²) in [5, 5.41) is 4.69. The molecular formula is C18H10F3N3O2. The van der Waals surface area contributed by atoms with Crippen LogP contribution in [0.1, 0.15) is 17.3 Å². The molecule has 1 atom stereocenters. The highest BCUT2D eigenvalue weighted by Crippen LogP contribution is 2.37.